The minimum Gasteiger partial charge on any atom is -0.480 e. The molecule has 0 spiro atoms. The van der Waals surface area contributed by atoms with Crippen LogP contribution in [0.1, 0.15) is 149 Å². The maximum absolute atomic E-state index is 12.5. The Morgan fingerprint density at radius 3 is 1.74 bits per heavy atom. The van der Waals surface area contributed by atoms with Crippen molar-refractivity contribution in [3.63, 3.8) is 0 Å². The number of phosphoric acid groups is 1. The number of ether oxygens (including phenoxy) is 2. The molecule has 0 aromatic heterocycles. The number of allylic oxidation sites excluding steroid dienone is 4. The van der Waals surface area contributed by atoms with Gasteiger partial charge in [0, 0.05) is 13.0 Å². The van der Waals surface area contributed by atoms with Crippen LogP contribution in [0.25, 0.3) is 0 Å². The number of phosphoric ester groups is 1. The van der Waals surface area contributed by atoms with E-state index in [0.29, 0.717) is 13.0 Å². The van der Waals surface area contributed by atoms with Crippen LogP contribution < -0.4 is 5.73 Å². The molecule has 4 N–H and O–H groups in total. The Hall–Kier alpha value is -1.55. The summed E-state index contributed by atoms with van der Waals surface area (Å²) in [4.78, 5) is 33.2. The molecular formula is C35H66NO9P. The second-order valence-electron chi connectivity index (χ2n) is 12.0. The molecule has 0 rings (SSSR count). The number of carboxylic acids is 1. The molecule has 3 unspecified atom stereocenters. The van der Waals surface area contributed by atoms with Crippen LogP contribution in [0.5, 0.6) is 0 Å². The van der Waals surface area contributed by atoms with E-state index in [4.69, 9.17) is 24.8 Å². The molecule has 0 heterocycles. The molecular weight excluding hydrogens is 609 g/mol. The highest BCUT2D eigenvalue weighted by Crippen LogP contribution is 2.43. The van der Waals surface area contributed by atoms with Crippen LogP contribution in [-0.2, 0) is 32.7 Å². The molecule has 0 amide bonds. The minimum absolute atomic E-state index is 0.0106. The Morgan fingerprint density at radius 2 is 1.17 bits per heavy atom. The lowest BCUT2D eigenvalue weighted by atomic mass is 10.1. The van der Waals surface area contributed by atoms with E-state index in [1.807, 2.05) is 0 Å². The largest absolute Gasteiger partial charge is 0.480 e. The topological polar surface area (TPSA) is 155 Å². The van der Waals surface area contributed by atoms with Gasteiger partial charge in [0.1, 0.15) is 12.1 Å². The van der Waals surface area contributed by atoms with Crippen molar-refractivity contribution in [1.82, 2.24) is 0 Å². The summed E-state index contributed by atoms with van der Waals surface area (Å²) in [5, 5.41) is 8.84. The summed E-state index contributed by atoms with van der Waals surface area (Å²) in [5.74, 6) is -1.79. The quantitative estimate of drug-likeness (QED) is 0.0261. The standard InChI is InChI=1S/C35H66NO9P/c1-3-5-7-9-11-13-15-16-17-18-20-22-24-26-28-42-29-32(30-43-46(40,41)44-31-33(36)35(38)39)45-34(37)27-25-23-21-19-14-12-10-8-6-4-2/h8,10,13,15,32-33H,3-7,9,11-12,14,16-31,36H2,1-2H3,(H,38,39)(H,40,41)/b10-8-,15-13-. The lowest BCUT2D eigenvalue weighted by Gasteiger charge is -2.20. The number of esters is 1. The molecule has 0 radical (unpaired) electrons. The van der Waals surface area contributed by atoms with Crippen LogP contribution in [0.15, 0.2) is 24.3 Å². The average molecular weight is 676 g/mol. The van der Waals surface area contributed by atoms with E-state index in [-0.39, 0.29) is 13.0 Å². The highest BCUT2D eigenvalue weighted by atomic mass is 31.2. The van der Waals surface area contributed by atoms with Gasteiger partial charge in [0.15, 0.2) is 0 Å². The van der Waals surface area contributed by atoms with Crippen molar-refractivity contribution in [1.29, 1.82) is 0 Å². The Labute approximate surface area is 279 Å². The van der Waals surface area contributed by atoms with E-state index in [0.717, 1.165) is 70.6 Å². The van der Waals surface area contributed by atoms with E-state index in [2.05, 4.69) is 42.7 Å². The van der Waals surface area contributed by atoms with Crippen molar-refractivity contribution in [3.05, 3.63) is 24.3 Å². The maximum Gasteiger partial charge on any atom is 0.472 e. The maximum atomic E-state index is 12.5. The molecule has 0 aromatic carbocycles. The molecule has 0 fully saturated rings. The number of carbonyl (C=O) groups excluding carboxylic acids is 1. The summed E-state index contributed by atoms with van der Waals surface area (Å²) in [5.41, 5.74) is 5.32. The Morgan fingerprint density at radius 1 is 0.674 bits per heavy atom. The van der Waals surface area contributed by atoms with Crippen molar-refractivity contribution < 1.29 is 42.7 Å². The van der Waals surface area contributed by atoms with E-state index >= 15 is 0 Å². The summed E-state index contributed by atoms with van der Waals surface area (Å²) in [6, 6.07) is -1.47. The van der Waals surface area contributed by atoms with E-state index < -0.39 is 45.1 Å². The molecule has 0 bridgehead atoms. The van der Waals surface area contributed by atoms with Gasteiger partial charge in [-0.3, -0.25) is 18.6 Å². The summed E-state index contributed by atoms with van der Waals surface area (Å²) in [6.07, 6.45) is 30.9. The van der Waals surface area contributed by atoms with E-state index in [1.54, 1.807) is 0 Å². The van der Waals surface area contributed by atoms with Crippen LogP contribution >= 0.6 is 7.82 Å². The minimum atomic E-state index is -4.60. The summed E-state index contributed by atoms with van der Waals surface area (Å²) >= 11 is 0. The number of carboxylic acid groups (broad SMARTS) is 1. The lowest BCUT2D eigenvalue weighted by molar-refractivity contribution is -0.154. The smallest absolute Gasteiger partial charge is 0.472 e. The number of nitrogens with two attached hydrogens (primary N) is 1. The first kappa shape index (κ1) is 44.5. The zero-order valence-corrected chi connectivity index (χ0v) is 29.8. The van der Waals surface area contributed by atoms with Crippen molar-refractivity contribution >= 4 is 19.8 Å². The molecule has 0 saturated heterocycles. The normalized spacial score (nSPS) is 14.5. The molecule has 10 nitrogen and oxygen atoms in total. The van der Waals surface area contributed by atoms with Gasteiger partial charge in [-0.05, 0) is 57.8 Å². The van der Waals surface area contributed by atoms with Crippen LogP contribution in [-0.4, -0.2) is 60.5 Å². The fourth-order valence-corrected chi connectivity index (χ4v) is 5.38. The van der Waals surface area contributed by atoms with Crippen molar-refractivity contribution in [2.75, 3.05) is 26.4 Å². The van der Waals surface area contributed by atoms with Crippen LogP contribution in [0, 0.1) is 0 Å². The number of unbranched alkanes of at least 4 members (excludes halogenated alkanes) is 16. The van der Waals surface area contributed by atoms with Crippen LogP contribution in [0.2, 0.25) is 0 Å². The molecule has 0 aliphatic rings. The van der Waals surface area contributed by atoms with Crippen molar-refractivity contribution in [3.8, 4) is 0 Å². The van der Waals surface area contributed by atoms with E-state index in [1.165, 1.54) is 51.4 Å². The zero-order valence-electron chi connectivity index (χ0n) is 28.9. The number of aliphatic carboxylic acids is 1. The van der Waals surface area contributed by atoms with Crippen molar-refractivity contribution in [2.24, 2.45) is 5.73 Å². The lowest BCUT2D eigenvalue weighted by Crippen LogP contribution is -2.34. The predicted molar refractivity (Wildman–Crippen MR) is 185 cm³/mol. The number of hydrogen-bond donors (Lipinski definition) is 3. The number of hydrogen-bond acceptors (Lipinski definition) is 8. The predicted octanol–water partition coefficient (Wildman–Crippen LogP) is 8.80. The van der Waals surface area contributed by atoms with Crippen LogP contribution in [0.3, 0.4) is 0 Å². The van der Waals surface area contributed by atoms with Gasteiger partial charge in [-0.25, -0.2) is 4.57 Å². The fraction of sp³-hybridized carbons (Fsp3) is 0.829. The fourth-order valence-electron chi connectivity index (χ4n) is 4.60. The second kappa shape index (κ2) is 32.0. The number of rotatable bonds is 34. The molecule has 0 aromatic rings. The molecule has 0 aliphatic heterocycles. The van der Waals surface area contributed by atoms with Gasteiger partial charge in [-0.1, -0.05) is 109 Å². The van der Waals surface area contributed by atoms with Gasteiger partial charge in [-0.2, -0.15) is 0 Å². The Bertz CT molecular complexity index is 837. The summed E-state index contributed by atoms with van der Waals surface area (Å²) in [7, 11) is -4.60. The van der Waals surface area contributed by atoms with Crippen molar-refractivity contribution in [2.45, 2.75) is 161 Å². The van der Waals surface area contributed by atoms with Gasteiger partial charge in [-0.15, -0.1) is 0 Å². The molecule has 0 saturated carbocycles. The van der Waals surface area contributed by atoms with Gasteiger partial charge in [0.05, 0.1) is 19.8 Å². The third kappa shape index (κ3) is 31.1. The monoisotopic (exact) mass is 675 g/mol. The summed E-state index contributed by atoms with van der Waals surface area (Å²) < 4.78 is 33.1. The summed E-state index contributed by atoms with van der Waals surface area (Å²) in [6.45, 7) is 3.76. The van der Waals surface area contributed by atoms with Crippen LogP contribution in [0.4, 0.5) is 0 Å². The molecule has 46 heavy (non-hydrogen) atoms. The molecule has 11 heteroatoms. The first-order chi connectivity index (χ1) is 22.2. The molecule has 0 aliphatic carbocycles. The highest BCUT2D eigenvalue weighted by Gasteiger charge is 2.27. The zero-order chi connectivity index (χ0) is 34.1. The third-order valence-electron chi connectivity index (χ3n) is 7.43. The molecule has 3 atom stereocenters. The first-order valence-electron chi connectivity index (χ1n) is 17.9. The SMILES string of the molecule is CCC/C=C\CCCCCCCC(=O)OC(COCCCCCCCC/C=C\CCCCCC)COP(=O)(O)OCC(N)C(=O)O. The molecule has 270 valence electrons. The Kier molecular flexibility index (Phi) is 30.9. The first-order valence-corrected chi connectivity index (χ1v) is 19.4. The van der Waals surface area contributed by atoms with Gasteiger partial charge < -0.3 is 25.2 Å². The Balaban J connectivity index is 4.34. The van der Waals surface area contributed by atoms with Gasteiger partial charge >= 0.3 is 19.8 Å². The highest BCUT2D eigenvalue weighted by molar-refractivity contribution is 7.47. The number of carbonyl (C=O) groups is 2. The second-order valence-corrected chi connectivity index (χ2v) is 13.4. The average Bonchev–Trinajstić information content (AvgIpc) is 3.03. The van der Waals surface area contributed by atoms with Gasteiger partial charge in [0.25, 0.3) is 0 Å². The van der Waals surface area contributed by atoms with Gasteiger partial charge in [0.2, 0.25) is 0 Å². The van der Waals surface area contributed by atoms with E-state index in [9.17, 15) is 19.0 Å². The third-order valence-corrected chi connectivity index (χ3v) is 8.38.